The van der Waals surface area contributed by atoms with Gasteiger partial charge in [-0.15, -0.1) is 24.0 Å². The predicted octanol–water partition coefficient (Wildman–Crippen LogP) is 5.37. The largest absolute Gasteiger partial charge is 0.370 e. The van der Waals surface area contributed by atoms with Crippen LogP contribution < -0.4 is 16.4 Å². The average molecular weight is 521 g/mol. The molecular formula is C23H32IN5O. The molecule has 0 spiro atoms. The summed E-state index contributed by atoms with van der Waals surface area (Å²) in [6, 6.07) is 16.0. The highest BCUT2D eigenvalue weighted by atomic mass is 127. The number of hydrogen-bond donors (Lipinski definition) is 3. The second kappa shape index (κ2) is 11.8. The molecule has 2 amide bonds. The number of carbonyl (C=O) groups is 1. The summed E-state index contributed by atoms with van der Waals surface area (Å²) in [6.45, 7) is 6.51. The Morgan fingerprint density at radius 2 is 1.80 bits per heavy atom. The molecule has 0 bridgehead atoms. The highest BCUT2D eigenvalue weighted by Crippen LogP contribution is 2.20. The van der Waals surface area contributed by atoms with Crippen molar-refractivity contribution in [2.75, 3.05) is 23.7 Å². The molecule has 0 aromatic heterocycles. The summed E-state index contributed by atoms with van der Waals surface area (Å²) in [5, 5.41) is 6.09. The fourth-order valence-electron chi connectivity index (χ4n) is 3.36. The number of nitrogens with two attached hydrogens (primary N) is 1. The van der Waals surface area contributed by atoms with E-state index in [-0.39, 0.29) is 30.0 Å². The summed E-state index contributed by atoms with van der Waals surface area (Å²) < 4.78 is 0. The molecule has 4 N–H and O–H groups in total. The Hall–Kier alpha value is -2.29. The summed E-state index contributed by atoms with van der Waals surface area (Å²) in [4.78, 5) is 18.5. The summed E-state index contributed by atoms with van der Waals surface area (Å²) in [7, 11) is 0. The number of halogens is 1. The fourth-order valence-corrected chi connectivity index (χ4v) is 3.36. The highest BCUT2D eigenvalue weighted by molar-refractivity contribution is 14.0. The fraction of sp³-hybridized carbons (Fsp3) is 0.391. The van der Waals surface area contributed by atoms with Crippen LogP contribution in [-0.4, -0.2) is 30.0 Å². The number of carbonyl (C=O) groups excluding carboxylic acids is 1. The minimum atomic E-state index is -0.0369. The lowest BCUT2D eigenvalue weighted by Gasteiger charge is -2.16. The third-order valence-corrected chi connectivity index (χ3v) is 5.37. The van der Waals surface area contributed by atoms with Crippen molar-refractivity contribution in [1.82, 2.24) is 4.90 Å². The maximum Gasteiger partial charge on any atom is 0.321 e. The second-order valence-electron chi connectivity index (χ2n) is 7.58. The Bertz CT molecular complexity index is 847. The van der Waals surface area contributed by atoms with E-state index in [0.29, 0.717) is 18.4 Å². The van der Waals surface area contributed by atoms with Crippen molar-refractivity contribution in [3.8, 4) is 0 Å². The van der Waals surface area contributed by atoms with Gasteiger partial charge in [-0.05, 0) is 60.6 Å². The number of amides is 2. The van der Waals surface area contributed by atoms with E-state index in [1.54, 1.807) is 0 Å². The first-order valence-corrected chi connectivity index (χ1v) is 10.4. The molecule has 162 valence electrons. The third kappa shape index (κ3) is 6.90. The summed E-state index contributed by atoms with van der Waals surface area (Å²) in [5.74, 6) is 0.918. The lowest BCUT2D eigenvalue weighted by molar-refractivity contribution is 0.222. The van der Waals surface area contributed by atoms with Crippen molar-refractivity contribution < 1.29 is 4.79 Å². The molecule has 3 rings (SSSR count). The highest BCUT2D eigenvalue weighted by Gasteiger charge is 2.17. The van der Waals surface area contributed by atoms with Gasteiger partial charge in [0.05, 0.1) is 6.54 Å². The standard InChI is InChI=1S/C23H31N5O.HI/c1-3-17(2)19-9-11-20(12-10-19)26-22(24)25-16-18-7-6-8-21(15-18)27-23(29)28-13-4-5-14-28;/h6-12,15,17H,3-5,13-14,16H2,1-2H3,(H,27,29)(H3,24,25,26);1H. The van der Waals surface area contributed by atoms with Crippen LogP contribution in [0.4, 0.5) is 16.2 Å². The van der Waals surface area contributed by atoms with E-state index in [0.717, 1.165) is 49.3 Å². The van der Waals surface area contributed by atoms with Crippen molar-refractivity contribution in [2.45, 2.75) is 45.6 Å². The minimum absolute atomic E-state index is 0. The number of urea groups is 1. The molecule has 1 fully saturated rings. The molecule has 0 radical (unpaired) electrons. The Labute approximate surface area is 196 Å². The van der Waals surface area contributed by atoms with Gasteiger partial charge in [-0.25, -0.2) is 9.79 Å². The molecule has 1 heterocycles. The molecule has 1 aliphatic heterocycles. The number of guanidine groups is 1. The third-order valence-electron chi connectivity index (χ3n) is 5.37. The van der Waals surface area contributed by atoms with Crippen molar-refractivity contribution in [2.24, 2.45) is 10.7 Å². The number of likely N-dealkylation sites (tertiary alicyclic amines) is 1. The van der Waals surface area contributed by atoms with E-state index in [4.69, 9.17) is 5.73 Å². The Morgan fingerprint density at radius 3 is 2.47 bits per heavy atom. The first kappa shape index (κ1) is 24.0. The molecule has 6 nitrogen and oxygen atoms in total. The zero-order chi connectivity index (χ0) is 20.6. The number of hydrogen-bond acceptors (Lipinski definition) is 2. The van der Waals surface area contributed by atoms with E-state index in [2.05, 4.69) is 41.6 Å². The molecule has 1 aliphatic rings. The van der Waals surface area contributed by atoms with Gasteiger partial charge in [0.15, 0.2) is 5.96 Å². The molecule has 0 saturated carbocycles. The van der Waals surface area contributed by atoms with E-state index >= 15 is 0 Å². The smallest absolute Gasteiger partial charge is 0.321 e. The molecule has 7 heteroatoms. The number of nitrogens with zero attached hydrogens (tertiary/aromatic N) is 2. The zero-order valence-electron chi connectivity index (χ0n) is 17.7. The van der Waals surface area contributed by atoms with Gasteiger partial charge in [0.1, 0.15) is 0 Å². The first-order valence-electron chi connectivity index (χ1n) is 10.4. The summed E-state index contributed by atoms with van der Waals surface area (Å²) in [5.41, 5.74) is 10.1. The molecule has 0 aliphatic carbocycles. The van der Waals surface area contributed by atoms with E-state index < -0.39 is 0 Å². The van der Waals surface area contributed by atoms with Gasteiger partial charge in [-0.1, -0.05) is 38.1 Å². The van der Waals surface area contributed by atoms with Crippen LogP contribution in [0.15, 0.2) is 53.5 Å². The SMILES string of the molecule is CCC(C)c1ccc(NC(N)=NCc2cccc(NC(=O)N3CCCC3)c2)cc1.I. The van der Waals surface area contributed by atoms with Gasteiger partial charge in [0, 0.05) is 24.5 Å². The quantitative estimate of drug-likeness (QED) is 0.272. The Kier molecular flexibility index (Phi) is 9.42. The summed E-state index contributed by atoms with van der Waals surface area (Å²) in [6.07, 6.45) is 3.28. The monoisotopic (exact) mass is 521 g/mol. The molecular weight excluding hydrogens is 489 g/mol. The van der Waals surface area contributed by atoms with Crippen molar-refractivity contribution in [3.63, 3.8) is 0 Å². The predicted molar refractivity (Wildman–Crippen MR) is 136 cm³/mol. The van der Waals surface area contributed by atoms with Crippen LogP contribution in [0, 0.1) is 0 Å². The van der Waals surface area contributed by atoms with Crippen LogP contribution in [-0.2, 0) is 6.54 Å². The van der Waals surface area contributed by atoms with Crippen LogP contribution in [0.1, 0.15) is 50.2 Å². The normalized spacial score (nSPS) is 14.7. The van der Waals surface area contributed by atoms with Gasteiger partial charge in [-0.2, -0.15) is 0 Å². The number of benzene rings is 2. The Balaban J connectivity index is 0.00000320. The van der Waals surface area contributed by atoms with Crippen LogP contribution in [0.2, 0.25) is 0 Å². The van der Waals surface area contributed by atoms with E-state index in [1.807, 2.05) is 41.3 Å². The second-order valence-corrected chi connectivity index (χ2v) is 7.58. The molecule has 1 unspecified atom stereocenters. The van der Waals surface area contributed by atoms with Crippen LogP contribution in [0.3, 0.4) is 0 Å². The lowest BCUT2D eigenvalue weighted by Crippen LogP contribution is -2.32. The molecule has 1 atom stereocenters. The maximum absolute atomic E-state index is 12.2. The number of nitrogens with one attached hydrogen (secondary N) is 2. The van der Waals surface area contributed by atoms with Gasteiger partial charge in [0.2, 0.25) is 0 Å². The first-order chi connectivity index (χ1) is 14.0. The van der Waals surface area contributed by atoms with Crippen molar-refractivity contribution >= 4 is 47.3 Å². The van der Waals surface area contributed by atoms with Gasteiger partial charge < -0.3 is 21.3 Å². The van der Waals surface area contributed by atoms with Crippen molar-refractivity contribution in [3.05, 3.63) is 59.7 Å². The lowest BCUT2D eigenvalue weighted by atomic mass is 9.99. The number of anilines is 2. The topological polar surface area (TPSA) is 82.7 Å². The van der Waals surface area contributed by atoms with Crippen LogP contribution in [0.5, 0.6) is 0 Å². The Morgan fingerprint density at radius 1 is 1.10 bits per heavy atom. The molecule has 2 aromatic rings. The number of aliphatic imine (C=N–C) groups is 1. The zero-order valence-corrected chi connectivity index (χ0v) is 20.1. The van der Waals surface area contributed by atoms with Gasteiger partial charge in [0.25, 0.3) is 0 Å². The minimum Gasteiger partial charge on any atom is -0.370 e. The molecule has 30 heavy (non-hydrogen) atoms. The average Bonchev–Trinajstić information content (AvgIpc) is 3.28. The van der Waals surface area contributed by atoms with E-state index in [9.17, 15) is 4.79 Å². The van der Waals surface area contributed by atoms with Crippen molar-refractivity contribution in [1.29, 1.82) is 0 Å². The molecule has 2 aromatic carbocycles. The van der Waals surface area contributed by atoms with Crippen LogP contribution in [0.25, 0.3) is 0 Å². The summed E-state index contributed by atoms with van der Waals surface area (Å²) >= 11 is 0. The van der Waals surface area contributed by atoms with Gasteiger partial charge in [-0.3, -0.25) is 0 Å². The maximum atomic E-state index is 12.2. The number of rotatable bonds is 6. The van der Waals surface area contributed by atoms with Crippen LogP contribution >= 0.6 is 24.0 Å². The van der Waals surface area contributed by atoms with E-state index in [1.165, 1.54) is 5.56 Å². The van der Waals surface area contributed by atoms with Gasteiger partial charge >= 0.3 is 6.03 Å². The molecule has 1 saturated heterocycles.